The Morgan fingerprint density at radius 2 is 1.62 bits per heavy atom. The second kappa shape index (κ2) is 14.2. The van der Waals surface area contributed by atoms with E-state index in [-0.39, 0.29) is 6.16 Å². The Kier molecular flexibility index (Phi) is 11.4. The number of aromatic nitrogens is 1. The monoisotopic (exact) mass is 542 g/mol. The number of rotatable bonds is 15. The maximum atomic E-state index is 11.5. The lowest BCUT2D eigenvalue weighted by molar-refractivity contribution is 0.369. The van der Waals surface area contributed by atoms with Crippen molar-refractivity contribution in [1.29, 1.82) is 0 Å². The molecule has 3 aromatic rings. The van der Waals surface area contributed by atoms with E-state index in [2.05, 4.69) is 37.4 Å². The highest BCUT2D eigenvalue weighted by atomic mass is 35.5. The van der Waals surface area contributed by atoms with Gasteiger partial charge in [0.1, 0.15) is 5.54 Å². The summed E-state index contributed by atoms with van der Waals surface area (Å²) in [5.41, 5.74) is 4.81. The first-order valence-electron chi connectivity index (χ1n) is 13.4. The smallest absolute Gasteiger partial charge is 0.324 e. The van der Waals surface area contributed by atoms with Crippen LogP contribution in [0.1, 0.15) is 80.3 Å². The molecule has 0 saturated heterocycles. The van der Waals surface area contributed by atoms with Crippen molar-refractivity contribution in [2.24, 2.45) is 0 Å². The summed E-state index contributed by atoms with van der Waals surface area (Å²) in [5.74, 6) is 0. The summed E-state index contributed by atoms with van der Waals surface area (Å²) in [4.78, 5) is 23.6. The summed E-state index contributed by atoms with van der Waals surface area (Å²) < 4.78 is 11.5. The number of halogens is 1. The molecule has 2 aromatic carbocycles. The lowest BCUT2D eigenvalue weighted by atomic mass is 9.78. The van der Waals surface area contributed by atoms with Gasteiger partial charge in [-0.1, -0.05) is 87.5 Å². The van der Waals surface area contributed by atoms with Crippen molar-refractivity contribution in [3.8, 4) is 0 Å². The van der Waals surface area contributed by atoms with Gasteiger partial charge in [-0.05, 0) is 78.7 Å². The molecule has 1 atom stereocenters. The molecule has 0 fully saturated rings. The summed E-state index contributed by atoms with van der Waals surface area (Å²) in [6.07, 6.45) is 9.99. The van der Waals surface area contributed by atoms with Crippen LogP contribution in [0.4, 0.5) is 0 Å². The lowest BCUT2D eigenvalue weighted by Gasteiger charge is -2.37. The number of benzene rings is 2. The van der Waals surface area contributed by atoms with Gasteiger partial charge in [0.2, 0.25) is 0 Å². The van der Waals surface area contributed by atoms with Gasteiger partial charge < -0.3 is 9.79 Å². The van der Waals surface area contributed by atoms with E-state index >= 15 is 0 Å². The fourth-order valence-electron chi connectivity index (χ4n) is 4.95. The van der Waals surface area contributed by atoms with Gasteiger partial charge in [-0.25, -0.2) is 0 Å². The van der Waals surface area contributed by atoms with E-state index in [9.17, 15) is 14.4 Å². The summed E-state index contributed by atoms with van der Waals surface area (Å²) in [6.45, 7) is 4.85. The molecule has 5 nitrogen and oxygen atoms in total. The maximum absolute atomic E-state index is 11.5. The zero-order valence-corrected chi connectivity index (χ0v) is 23.6. The van der Waals surface area contributed by atoms with E-state index in [4.69, 9.17) is 16.6 Å². The molecule has 0 spiro atoms. The summed E-state index contributed by atoms with van der Waals surface area (Å²) >= 11 is 6.27. The minimum Gasteiger partial charge on any atom is -0.324 e. The molecule has 1 unspecified atom stereocenters. The summed E-state index contributed by atoms with van der Waals surface area (Å²) in [7, 11) is -4.08. The van der Waals surface area contributed by atoms with Crippen LogP contribution in [0, 0.1) is 0 Å². The fraction of sp³-hybridized carbons (Fsp3) is 0.433. The van der Waals surface area contributed by atoms with Gasteiger partial charge in [0.05, 0.1) is 11.9 Å². The molecular formula is C30H40ClN2O3P. The third kappa shape index (κ3) is 8.24. The number of hydrogen-bond donors (Lipinski definition) is 3. The highest BCUT2D eigenvalue weighted by molar-refractivity contribution is 7.51. The van der Waals surface area contributed by atoms with Gasteiger partial charge in [-0.2, -0.15) is 0 Å². The highest BCUT2D eigenvalue weighted by Gasteiger charge is 2.37. The summed E-state index contributed by atoms with van der Waals surface area (Å²) in [6, 6.07) is 20.4. The fourth-order valence-corrected chi connectivity index (χ4v) is 5.65. The molecule has 0 bridgehead atoms. The lowest BCUT2D eigenvalue weighted by Crippen LogP contribution is -2.46. The van der Waals surface area contributed by atoms with Crippen molar-refractivity contribution in [3.63, 3.8) is 0 Å². The Hall–Kier alpha value is -2.01. The molecule has 1 aromatic heterocycles. The van der Waals surface area contributed by atoms with Crippen LogP contribution in [-0.4, -0.2) is 27.5 Å². The van der Waals surface area contributed by atoms with Crippen molar-refractivity contribution < 1.29 is 14.4 Å². The third-order valence-corrected chi connectivity index (χ3v) is 7.95. The molecule has 37 heavy (non-hydrogen) atoms. The van der Waals surface area contributed by atoms with E-state index in [1.807, 2.05) is 42.5 Å². The number of hydrogen-bond acceptors (Lipinski definition) is 3. The second-order valence-corrected chi connectivity index (χ2v) is 11.9. The minimum absolute atomic E-state index is 0.170. The predicted octanol–water partition coefficient (Wildman–Crippen LogP) is 7.26. The van der Waals surface area contributed by atoms with Crippen LogP contribution >= 0.6 is 19.2 Å². The topological polar surface area (TPSA) is 82.5 Å². The van der Waals surface area contributed by atoms with E-state index in [0.29, 0.717) is 18.0 Å². The molecule has 3 rings (SSSR count). The number of nitrogens with zero attached hydrogens (tertiary/aromatic N) is 1. The first-order valence-corrected chi connectivity index (χ1v) is 15.6. The molecule has 0 aliphatic heterocycles. The largest absolute Gasteiger partial charge is 0.325 e. The normalized spacial score (nSPS) is 13.4. The molecule has 200 valence electrons. The van der Waals surface area contributed by atoms with Crippen LogP contribution in [-0.2, 0) is 22.9 Å². The third-order valence-electron chi connectivity index (χ3n) is 6.80. The van der Waals surface area contributed by atoms with Crippen molar-refractivity contribution >= 4 is 19.2 Å². The zero-order chi connectivity index (χ0) is 26.7. The van der Waals surface area contributed by atoms with Crippen LogP contribution in [0.3, 0.4) is 0 Å². The van der Waals surface area contributed by atoms with Crippen molar-refractivity contribution in [1.82, 2.24) is 10.3 Å². The predicted molar refractivity (Wildman–Crippen MR) is 153 cm³/mol. The molecule has 0 aliphatic carbocycles. The molecule has 7 heteroatoms. The van der Waals surface area contributed by atoms with Crippen molar-refractivity contribution in [3.05, 3.63) is 99.8 Å². The Labute approximate surface area is 226 Å². The van der Waals surface area contributed by atoms with Gasteiger partial charge in [0, 0.05) is 11.2 Å². The molecule has 3 N–H and O–H groups in total. The first-order chi connectivity index (χ1) is 17.8. The Morgan fingerprint density at radius 1 is 0.865 bits per heavy atom. The quantitative estimate of drug-likeness (QED) is 0.139. The van der Waals surface area contributed by atoms with Crippen LogP contribution in [0.2, 0.25) is 5.02 Å². The average molecular weight is 543 g/mol. The van der Waals surface area contributed by atoms with Gasteiger partial charge in [-0.15, -0.1) is 0 Å². The van der Waals surface area contributed by atoms with Crippen molar-refractivity contribution in [2.45, 2.75) is 70.8 Å². The second-order valence-electron chi connectivity index (χ2n) is 9.68. The molecule has 1 heterocycles. The van der Waals surface area contributed by atoms with Gasteiger partial charge in [0.15, 0.2) is 0 Å². The molecule has 0 aliphatic rings. The maximum Gasteiger partial charge on any atom is 0.325 e. The van der Waals surface area contributed by atoms with Crippen LogP contribution < -0.4 is 5.32 Å². The van der Waals surface area contributed by atoms with Gasteiger partial charge >= 0.3 is 7.60 Å². The number of unbranched alkanes of at least 4 members (excludes halogenated alkanes) is 3. The highest BCUT2D eigenvalue weighted by Crippen LogP contribution is 2.39. The Balaban J connectivity index is 2.12. The minimum atomic E-state index is -4.08. The van der Waals surface area contributed by atoms with Crippen LogP contribution in [0.5, 0.6) is 0 Å². The van der Waals surface area contributed by atoms with E-state index in [0.717, 1.165) is 36.1 Å². The number of aryl methyl sites for hydroxylation is 2. The first kappa shape index (κ1) is 29.5. The molecule has 0 amide bonds. The molecule has 0 saturated carbocycles. The van der Waals surface area contributed by atoms with Gasteiger partial charge in [-0.3, -0.25) is 14.9 Å². The Morgan fingerprint density at radius 3 is 2.27 bits per heavy atom. The van der Waals surface area contributed by atoms with E-state index < -0.39 is 13.1 Å². The van der Waals surface area contributed by atoms with Crippen LogP contribution in [0.25, 0.3) is 0 Å². The standard InChI is InChI=1S/C30H40ClN2O3P/c1-3-5-6-7-12-24-14-15-27(23-25(24)11-4-2)30(29-13-8-9-20-32-29,26-16-18-28(31)19-17-26)33-21-10-22-37(34,35)36/h8-9,13-20,23,33H,3-7,10-12,21-22H2,1-2H3,(H2,34,35,36). The van der Waals surface area contributed by atoms with Crippen molar-refractivity contribution in [2.75, 3.05) is 12.7 Å². The molecular weight excluding hydrogens is 503 g/mol. The Bertz CT molecular complexity index is 1150. The van der Waals surface area contributed by atoms with Crippen LogP contribution in [0.15, 0.2) is 66.9 Å². The summed E-state index contributed by atoms with van der Waals surface area (Å²) in [5, 5.41) is 4.32. The van der Waals surface area contributed by atoms with Gasteiger partial charge in [0.25, 0.3) is 0 Å². The zero-order valence-electron chi connectivity index (χ0n) is 22.0. The molecule has 0 radical (unpaired) electrons. The van der Waals surface area contributed by atoms with E-state index in [1.54, 1.807) is 6.20 Å². The average Bonchev–Trinajstić information content (AvgIpc) is 2.88. The SMILES string of the molecule is CCCCCCc1ccc(C(NCCCP(=O)(O)O)(c2ccc(Cl)cc2)c2ccccn2)cc1CCC. The number of nitrogens with one attached hydrogen (secondary N) is 1. The number of pyridine rings is 1. The van der Waals surface area contributed by atoms with E-state index in [1.165, 1.54) is 36.8 Å².